The third kappa shape index (κ3) is 13.9. The zero-order valence-electron chi connectivity index (χ0n) is 18.3. The van der Waals surface area contributed by atoms with E-state index in [0.717, 1.165) is 24.8 Å². The van der Waals surface area contributed by atoms with Crippen LogP contribution in [0.1, 0.15) is 70.8 Å². The van der Waals surface area contributed by atoms with Crippen LogP contribution >= 0.6 is 7.75 Å². The Morgan fingerprint density at radius 3 is 2.37 bits per heavy atom. The van der Waals surface area contributed by atoms with Gasteiger partial charge in [-0.2, -0.15) is 0 Å². The van der Waals surface area contributed by atoms with Crippen molar-refractivity contribution in [3.05, 3.63) is 35.9 Å². The lowest BCUT2D eigenvalue weighted by Gasteiger charge is -2.20. The molecule has 0 aromatic heterocycles. The van der Waals surface area contributed by atoms with Gasteiger partial charge >= 0.3 is 13.7 Å². The Balaban J connectivity index is 2.14. The van der Waals surface area contributed by atoms with Crippen LogP contribution in [-0.4, -0.2) is 41.3 Å². The van der Waals surface area contributed by atoms with E-state index in [2.05, 4.69) is 12.0 Å². The topological polar surface area (TPSA) is 105 Å². The molecule has 3 unspecified atom stereocenters. The van der Waals surface area contributed by atoms with Crippen molar-refractivity contribution in [1.82, 2.24) is 5.09 Å². The molecular weight excluding hydrogens is 405 g/mol. The van der Waals surface area contributed by atoms with Crippen molar-refractivity contribution < 1.29 is 28.6 Å². The number of benzene rings is 1. The summed E-state index contributed by atoms with van der Waals surface area (Å²) in [5, 5.41) is 12.4. The monoisotopic (exact) mass is 443 g/mol. The molecule has 0 aliphatic rings. The molecule has 0 radical (unpaired) electrons. The fourth-order valence-corrected chi connectivity index (χ4v) is 4.15. The van der Waals surface area contributed by atoms with Crippen LogP contribution in [0, 0.1) is 0 Å². The van der Waals surface area contributed by atoms with Crippen molar-refractivity contribution in [2.75, 3.05) is 13.2 Å². The van der Waals surface area contributed by atoms with Crippen molar-refractivity contribution in [1.29, 1.82) is 0 Å². The quantitative estimate of drug-likeness (QED) is 0.187. The van der Waals surface area contributed by atoms with Gasteiger partial charge in [0.05, 0.1) is 6.61 Å². The normalized spacial score (nSPS) is 15.3. The predicted molar refractivity (Wildman–Crippen MR) is 118 cm³/mol. The molecule has 0 aliphatic carbocycles. The van der Waals surface area contributed by atoms with Crippen LogP contribution in [0.4, 0.5) is 0 Å². The molecule has 172 valence electrons. The SMILES string of the molecule is CCCCCCCCCC(=O)OCC(O)COP(=O)(O)NC(C)Cc1ccccc1. The molecule has 3 N–H and O–H groups in total. The van der Waals surface area contributed by atoms with E-state index >= 15 is 0 Å². The van der Waals surface area contributed by atoms with Crippen molar-refractivity contribution in [2.45, 2.75) is 83.8 Å². The number of unbranched alkanes of at least 4 members (excludes halogenated alkanes) is 6. The average Bonchev–Trinajstić information content (AvgIpc) is 2.70. The molecule has 0 saturated carbocycles. The molecule has 0 spiro atoms. The van der Waals surface area contributed by atoms with Crippen molar-refractivity contribution in [2.24, 2.45) is 0 Å². The molecule has 0 aliphatic heterocycles. The second-order valence-electron chi connectivity index (χ2n) is 7.74. The molecule has 1 aromatic rings. The Morgan fingerprint density at radius 1 is 1.07 bits per heavy atom. The lowest BCUT2D eigenvalue weighted by Crippen LogP contribution is -2.29. The van der Waals surface area contributed by atoms with E-state index in [1.807, 2.05) is 30.3 Å². The molecule has 1 aromatic carbocycles. The lowest BCUT2D eigenvalue weighted by molar-refractivity contribution is -0.147. The first kappa shape index (κ1) is 26.8. The first-order valence-corrected chi connectivity index (χ1v) is 12.5. The smallest absolute Gasteiger partial charge is 0.403 e. The Hall–Kier alpha value is -1.24. The van der Waals surface area contributed by atoms with Gasteiger partial charge in [0.25, 0.3) is 0 Å². The number of rotatable bonds is 17. The summed E-state index contributed by atoms with van der Waals surface area (Å²) in [7, 11) is -4.07. The fraction of sp³-hybridized carbons (Fsp3) is 0.682. The maximum atomic E-state index is 12.1. The largest absolute Gasteiger partial charge is 0.463 e. The summed E-state index contributed by atoms with van der Waals surface area (Å²) >= 11 is 0. The summed E-state index contributed by atoms with van der Waals surface area (Å²) in [6.07, 6.45) is 7.50. The molecule has 8 heteroatoms. The van der Waals surface area contributed by atoms with Gasteiger partial charge in [-0.1, -0.05) is 75.8 Å². The van der Waals surface area contributed by atoms with E-state index in [4.69, 9.17) is 9.26 Å². The summed E-state index contributed by atoms with van der Waals surface area (Å²) in [4.78, 5) is 21.6. The zero-order valence-corrected chi connectivity index (χ0v) is 19.2. The predicted octanol–water partition coefficient (Wildman–Crippen LogP) is 4.37. The minimum absolute atomic E-state index is 0.255. The lowest BCUT2D eigenvalue weighted by atomic mass is 10.1. The summed E-state index contributed by atoms with van der Waals surface area (Å²) in [6, 6.07) is 9.30. The molecule has 0 fully saturated rings. The molecule has 0 saturated heterocycles. The molecule has 0 amide bonds. The van der Waals surface area contributed by atoms with E-state index in [0.29, 0.717) is 12.8 Å². The van der Waals surface area contributed by atoms with E-state index in [1.54, 1.807) is 6.92 Å². The second-order valence-corrected chi connectivity index (χ2v) is 9.30. The number of carbonyl (C=O) groups excluding carboxylic acids is 1. The maximum Gasteiger partial charge on any atom is 0.403 e. The van der Waals surface area contributed by atoms with Crippen LogP contribution in [0.5, 0.6) is 0 Å². The molecule has 0 bridgehead atoms. The maximum absolute atomic E-state index is 12.1. The van der Waals surface area contributed by atoms with E-state index < -0.39 is 20.5 Å². The van der Waals surface area contributed by atoms with E-state index in [9.17, 15) is 19.4 Å². The first-order chi connectivity index (χ1) is 14.3. The van der Waals surface area contributed by atoms with Gasteiger partial charge < -0.3 is 14.7 Å². The van der Waals surface area contributed by atoms with Gasteiger partial charge in [0.15, 0.2) is 0 Å². The second kappa shape index (κ2) is 15.5. The molecule has 30 heavy (non-hydrogen) atoms. The standard InChI is InChI=1S/C22H38NO6P/c1-3-4-5-6-7-8-12-15-22(25)28-17-21(24)18-29-30(26,27)23-19(2)16-20-13-10-9-11-14-20/h9-11,13-14,19,21,24H,3-8,12,15-18H2,1-2H3,(H2,23,26,27). The van der Waals surface area contributed by atoms with Crippen LogP contribution < -0.4 is 5.09 Å². The van der Waals surface area contributed by atoms with Crippen molar-refractivity contribution in [3.63, 3.8) is 0 Å². The van der Waals surface area contributed by atoms with Crippen LogP contribution in [0.25, 0.3) is 0 Å². The van der Waals surface area contributed by atoms with E-state index in [-0.39, 0.29) is 18.6 Å². The van der Waals surface area contributed by atoms with Crippen molar-refractivity contribution in [3.8, 4) is 0 Å². The van der Waals surface area contributed by atoms with Gasteiger partial charge in [-0.15, -0.1) is 0 Å². The number of esters is 1. The summed E-state index contributed by atoms with van der Waals surface area (Å²) < 4.78 is 22.1. The summed E-state index contributed by atoms with van der Waals surface area (Å²) in [5.74, 6) is -0.371. The summed E-state index contributed by atoms with van der Waals surface area (Å²) in [5.41, 5.74) is 1.03. The third-order valence-corrected chi connectivity index (χ3v) is 5.90. The molecule has 7 nitrogen and oxygen atoms in total. The number of aliphatic hydroxyl groups is 1. The Labute approximate surface area is 180 Å². The highest BCUT2D eigenvalue weighted by molar-refractivity contribution is 7.50. The number of aliphatic hydroxyl groups excluding tert-OH is 1. The van der Waals surface area contributed by atoms with Crippen LogP contribution in [-0.2, 0) is 25.0 Å². The highest BCUT2D eigenvalue weighted by Crippen LogP contribution is 2.37. The highest BCUT2D eigenvalue weighted by atomic mass is 31.2. The number of hydrogen-bond donors (Lipinski definition) is 3. The van der Waals surface area contributed by atoms with Gasteiger partial charge in [0.1, 0.15) is 12.7 Å². The van der Waals surface area contributed by atoms with Gasteiger partial charge in [-0.05, 0) is 25.3 Å². The molecule has 1 rings (SSSR count). The van der Waals surface area contributed by atoms with Gasteiger partial charge in [-0.25, -0.2) is 9.65 Å². The van der Waals surface area contributed by atoms with Gasteiger partial charge in [0, 0.05) is 12.5 Å². The fourth-order valence-electron chi connectivity index (χ4n) is 3.05. The average molecular weight is 444 g/mol. The van der Waals surface area contributed by atoms with Crippen molar-refractivity contribution >= 4 is 13.7 Å². The molecule has 3 atom stereocenters. The first-order valence-electron chi connectivity index (χ1n) is 10.9. The van der Waals surface area contributed by atoms with Crippen LogP contribution in [0.3, 0.4) is 0 Å². The number of hydrogen-bond acceptors (Lipinski definition) is 5. The number of carbonyl (C=O) groups is 1. The molecule has 0 heterocycles. The minimum atomic E-state index is -4.07. The number of ether oxygens (including phenoxy) is 1. The van der Waals surface area contributed by atoms with E-state index in [1.165, 1.54) is 25.7 Å². The Bertz CT molecular complexity index is 627. The Kier molecular flexibility index (Phi) is 13.9. The Morgan fingerprint density at radius 2 is 1.70 bits per heavy atom. The molecular formula is C22H38NO6P. The minimum Gasteiger partial charge on any atom is -0.463 e. The van der Waals surface area contributed by atoms with Crippen LogP contribution in [0.2, 0.25) is 0 Å². The summed E-state index contributed by atoms with van der Waals surface area (Å²) in [6.45, 7) is 3.30. The number of nitrogens with one attached hydrogen (secondary N) is 1. The highest BCUT2D eigenvalue weighted by Gasteiger charge is 2.24. The van der Waals surface area contributed by atoms with Crippen LogP contribution in [0.15, 0.2) is 30.3 Å². The third-order valence-electron chi connectivity index (χ3n) is 4.63. The van der Waals surface area contributed by atoms with Gasteiger partial charge in [0.2, 0.25) is 0 Å². The zero-order chi connectivity index (χ0) is 22.2. The van der Waals surface area contributed by atoms with Gasteiger partial charge in [-0.3, -0.25) is 9.32 Å².